The van der Waals surface area contributed by atoms with E-state index in [0.717, 1.165) is 0 Å². The molecule has 0 heterocycles. The highest BCUT2D eigenvalue weighted by Gasteiger charge is 2.07. The van der Waals surface area contributed by atoms with Gasteiger partial charge < -0.3 is 0 Å². The van der Waals surface area contributed by atoms with Crippen molar-refractivity contribution in [3.63, 3.8) is 0 Å². The van der Waals surface area contributed by atoms with Gasteiger partial charge in [-0.2, -0.15) is 0 Å². The quantitative estimate of drug-likeness (QED) is 0.632. The lowest BCUT2D eigenvalue weighted by molar-refractivity contribution is 1.44. The molecular weight excluding hydrogens is 152 g/mol. The van der Waals surface area contributed by atoms with E-state index in [4.69, 9.17) is 0 Å². The van der Waals surface area contributed by atoms with Crippen molar-refractivity contribution in [2.45, 2.75) is 4.90 Å². The monoisotopic (exact) mass is 166 g/mol. The first-order chi connectivity index (χ1) is 5.17. The van der Waals surface area contributed by atoms with Crippen LogP contribution in [0, 0.1) is 0 Å². The Bertz CT molecular complexity index is 236. The Morgan fingerprint density at radius 3 is 2.18 bits per heavy atom. The molecule has 1 aromatic carbocycles. The molecule has 1 heteroatoms. The Balaban J connectivity index is 3.02. The lowest BCUT2D eigenvalue weighted by Gasteiger charge is -2.26. The summed E-state index contributed by atoms with van der Waals surface area (Å²) in [5.41, 5.74) is 0. The van der Waals surface area contributed by atoms with Gasteiger partial charge in [0, 0.05) is 0 Å². The summed E-state index contributed by atoms with van der Waals surface area (Å²) < 4.78 is 0. The molecule has 0 amide bonds. The van der Waals surface area contributed by atoms with Gasteiger partial charge >= 0.3 is 0 Å². The Hall–Kier alpha value is -0.690. The van der Waals surface area contributed by atoms with E-state index in [1.807, 2.05) is 6.07 Å². The van der Waals surface area contributed by atoms with Crippen LogP contribution in [-0.2, 0) is 0 Å². The van der Waals surface area contributed by atoms with Gasteiger partial charge in [-0.3, -0.25) is 0 Å². The number of hydrogen-bond acceptors (Lipinski definition) is 0. The summed E-state index contributed by atoms with van der Waals surface area (Å²) >= 11 is 0. The van der Waals surface area contributed by atoms with Crippen molar-refractivity contribution >= 4 is 10.0 Å². The SMILES string of the molecule is C=CS(C)(C)c1ccccc1. The summed E-state index contributed by atoms with van der Waals surface area (Å²) in [6.45, 7) is 3.85. The van der Waals surface area contributed by atoms with E-state index in [1.165, 1.54) is 4.90 Å². The van der Waals surface area contributed by atoms with E-state index in [1.54, 1.807) is 0 Å². The van der Waals surface area contributed by atoms with Crippen LogP contribution in [0.1, 0.15) is 0 Å². The van der Waals surface area contributed by atoms with E-state index in [-0.39, 0.29) is 0 Å². The molecule has 0 aliphatic rings. The van der Waals surface area contributed by atoms with Gasteiger partial charge in [-0.15, -0.1) is 0 Å². The van der Waals surface area contributed by atoms with Crippen molar-refractivity contribution in [2.24, 2.45) is 0 Å². The molecule has 0 saturated heterocycles. The van der Waals surface area contributed by atoms with Crippen LogP contribution < -0.4 is 0 Å². The third-order valence-electron chi connectivity index (χ3n) is 1.77. The second kappa shape index (κ2) is 3.14. The first kappa shape index (κ1) is 8.41. The molecule has 0 spiro atoms. The molecule has 0 nitrogen and oxygen atoms in total. The van der Waals surface area contributed by atoms with Crippen LogP contribution in [0.5, 0.6) is 0 Å². The Labute approximate surface area is 70.3 Å². The predicted octanol–water partition coefficient (Wildman–Crippen LogP) is 3.25. The van der Waals surface area contributed by atoms with Crippen LogP contribution in [0.25, 0.3) is 0 Å². The topological polar surface area (TPSA) is 0 Å². The number of hydrogen-bond donors (Lipinski definition) is 0. The summed E-state index contributed by atoms with van der Waals surface area (Å²) in [5.74, 6) is 0. The van der Waals surface area contributed by atoms with E-state index in [9.17, 15) is 0 Å². The van der Waals surface area contributed by atoms with Gasteiger partial charge in [0.25, 0.3) is 0 Å². The molecule has 0 fully saturated rings. The van der Waals surface area contributed by atoms with Crippen LogP contribution in [0.4, 0.5) is 0 Å². The smallest absolute Gasteiger partial charge is 0.00693 e. The summed E-state index contributed by atoms with van der Waals surface area (Å²) in [7, 11) is -0.734. The highest BCUT2D eigenvalue weighted by atomic mass is 32.3. The molecule has 1 rings (SSSR count). The normalized spacial score (nSPS) is 12.5. The third-order valence-corrected chi connectivity index (χ3v) is 4.09. The number of rotatable bonds is 2. The molecule has 0 atom stereocenters. The van der Waals surface area contributed by atoms with Crippen LogP contribution >= 0.6 is 10.0 Å². The maximum Gasteiger partial charge on any atom is -0.00693 e. The van der Waals surface area contributed by atoms with Gasteiger partial charge in [-0.05, 0) is 29.5 Å². The molecule has 0 N–H and O–H groups in total. The maximum atomic E-state index is 3.85. The molecule has 0 saturated carbocycles. The zero-order valence-corrected chi connectivity index (χ0v) is 7.90. The van der Waals surface area contributed by atoms with Crippen molar-refractivity contribution in [3.8, 4) is 0 Å². The summed E-state index contributed by atoms with van der Waals surface area (Å²) in [6, 6.07) is 10.5. The average molecular weight is 166 g/mol. The zero-order valence-electron chi connectivity index (χ0n) is 7.08. The van der Waals surface area contributed by atoms with Crippen LogP contribution in [0.3, 0.4) is 0 Å². The first-order valence-electron chi connectivity index (χ1n) is 3.58. The van der Waals surface area contributed by atoms with Crippen LogP contribution in [0.2, 0.25) is 0 Å². The van der Waals surface area contributed by atoms with E-state index in [2.05, 4.69) is 48.8 Å². The Morgan fingerprint density at radius 2 is 1.73 bits per heavy atom. The van der Waals surface area contributed by atoms with E-state index in [0.29, 0.717) is 0 Å². The van der Waals surface area contributed by atoms with Gasteiger partial charge in [0.15, 0.2) is 0 Å². The van der Waals surface area contributed by atoms with Crippen LogP contribution in [-0.4, -0.2) is 12.5 Å². The fourth-order valence-electron chi connectivity index (χ4n) is 0.867. The Morgan fingerprint density at radius 1 is 1.18 bits per heavy atom. The van der Waals surface area contributed by atoms with Crippen molar-refractivity contribution in [2.75, 3.05) is 12.5 Å². The minimum absolute atomic E-state index is 0.734. The van der Waals surface area contributed by atoms with Crippen molar-refractivity contribution < 1.29 is 0 Å². The molecule has 11 heavy (non-hydrogen) atoms. The minimum Gasteiger partial charge on any atom is -0.201 e. The summed E-state index contributed by atoms with van der Waals surface area (Å²) in [5, 5.41) is 2.06. The molecule has 0 radical (unpaired) electrons. The first-order valence-corrected chi connectivity index (χ1v) is 6.09. The van der Waals surface area contributed by atoms with Gasteiger partial charge in [0.05, 0.1) is 0 Å². The average Bonchev–Trinajstić information content (AvgIpc) is 2.06. The van der Waals surface area contributed by atoms with Gasteiger partial charge in [0.2, 0.25) is 0 Å². The molecule has 60 valence electrons. The Kier molecular flexibility index (Phi) is 2.40. The highest BCUT2D eigenvalue weighted by Crippen LogP contribution is 2.49. The van der Waals surface area contributed by atoms with Crippen molar-refractivity contribution in [3.05, 3.63) is 42.3 Å². The van der Waals surface area contributed by atoms with Crippen LogP contribution in [0.15, 0.2) is 47.2 Å². The van der Waals surface area contributed by atoms with E-state index < -0.39 is 10.0 Å². The third kappa shape index (κ3) is 1.87. The highest BCUT2D eigenvalue weighted by molar-refractivity contribution is 8.35. The summed E-state index contributed by atoms with van der Waals surface area (Å²) in [6.07, 6.45) is 4.49. The van der Waals surface area contributed by atoms with Gasteiger partial charge in [0.1, 0.15) is 0 Å². The molecule has 0 aliphatic heterocycles. The van der Waals surface area contributed by atoms with Gasteiger partial charge in [-0.25, -0.2) is 10.0 Å². The molecule has 0 aromatic heterocycles. The minimum atomic E-state index is -0.734. The van der Waals surface area contributed by atoms with Gasteiger partial charge in [-0.1, -0.05) is 30.2 Å². The maximum absolute atomic E-state index is 3.85. The lowest BCUT2D eigenvalue weighted by Crippen LogP contribution is -1.89. The van der Waals surface area contributed by atoms with Crippen molar-refractivity contribution in [1.29, 1.82) is 0 Å². The number of benzene rings is 1. The molecule has 0 bridgehead atoms. The second-order valence-electron chi connectivity index (χ2n) is 2.89. The molecular formula is C10H14S. The molecule has 0 unspecified atom stereocenters. The standard InChI is InChI=1S/C10H14S/c1-4-11(2,3)10-8-6-5-7-9-10/h4-9H,1H2,2-3H3. The largest absolute Gasteiger partial charge is 0.201 e. The summed E-state index contributed by atoms with van der Waals surface area (Å²) in [4.78, 5) is 1.40. The van der Waals surface area contributed by atoms with E-state index >= 15 is 0 Å². The fourth-order valence-corrected chi connectivity index (χ4v) is 1.92. The molecule has 1 aromatic rings. The van der Waals surface area contributed by atoms with Crippen molar-refractivity contribution in [1.82, 2.24) is 0 Å². The second-order valence-corrected chi connectivity index (χ2v) is 6.50. The predicted molar refractivity (Wildman–Crippen MR) is 54.3 cm³/mol. The lowest BCUT2D eigenvalue weighted by atomic mass is 10.4. The molecule has 0 aliphatic carbocycles. The zero-order chi connectivity index (χ0) is 8.32. The fraction of sp³-hybridized carbons (Fsp3) is 0.200.